The number of nitrogens with one attached hydrogen (secondary N) is 2. The quantitative estimate of drug-likeness (QED) is 0.620. The third kappa shape index (κ3) is 3.89. The SMILES string of the molecule is CC(C)(C)NC(=O)Nc1ccccc1O. The van der Waals surface area contributed by atoms with Crippen molar-refractivity contribution in [3.05, 3.63) is 24.3 Å². The molecule has 0 saturated heterocycles. The van der Waals surface area contributed by atoms with Gasteiger partial charge < -0.3 is 15.7 Å². The van der Waals surface area contributed by atoms with E-state index in [1.54, 1.807) is 18.2 Å². The average molecular weight is 208 g/mol. The number of para-hydroxylation sites is 2. The van der Waals surface area contributed by atoms with E-state index in [0.717, 1.165) is 0 Å². The monoisotopic (exact) mass is 208 g/mol. The van der Waals surface area contributed by atoms with Crippen LogP contribution in [0.1, 0.15) is 20.8 Å². The normalized spacial score (nSPS) is 10.9. The van der Waals surface area contributed by atoms with E-state index in [-0.39, 0.29) is 17.3 Å². The second-order valence-electron chi connectivity index (χ2n) is 4.35. The third-order valence-electron chi connectivity index (χ3n) is 1.64. The highest BCUT2D eigenvalue weighted by Gasteiger charge is 2.14. The lowest BCUT2D eigenvalue weighted by atomic mass is 10.1. The largest absolute Gasteiger partial charge is 0.506 e. The van der Waals surface area contributed by atoms with Gasteiger partial charge in [-0.25, -0.2) is 4.79 Å². The van der Waals surface area contributed by atoms with Crippen LogP contribution in [0, 0.1) is 0 Å². The molecule has 4 nitrogen and oxygen atoms in total. The van der Waals surface area contributed by atoms with Gasteiger partial charge in [0.05, 0.1) is 5.69 Å². The Morgan fingerprint density at radius 1 is 1.27 bits per heavy atom. The second-order valence-corrected chi connectivity index (χ2v) is 4.35. The van der Waals surface area contributed by atoms with Crippen LogP contribution in [-0.2, 0) is 0 Å². The van der Waals surface area contributed by atoms with E-state index in [1.165, 1.54) is 6.07 Å². The zero-order valence-corrected chi connectivity index (χ0v) is 9.16. The summed E-state index contributed by atoms with van der Waals surface area (Å²) in [4.78, 5) is 11.4. The standard InChI is InChI=1S/C11H16N2O2/c1-11(2,3)13-10(15)12-8-6-4-5-7-9(8)14/h4-7,14H,1-3H3,(H2,12,13,15). The van der Waals surface area contributed by atoms with Crippen molar-refractivity contribution < 1.29 is 9.90 Å². The number of amides is 2. The van der Waals surface area contributed by atoms with Gasteiger partial charge in [-0.2, -0.15) is 0 Å². The summed E-state index contributed by atoms with van der Waals surface area (Å²) >= 11 is 0. The van der Waals surface area contributed by atoms with Gasteiger partial charge in [0.2, 0.25) is 0 Å². The predicted octanol–water partition coefficient (Wildman–Crippen LogP) is 2.31. The third-order valence-corrected chi connectivity index (χ3v) is 1.64. The molecule has 3 N–H and O–H groups in total. The van der Waals surface area contributed by atoms with Crippen LogP contribution in [0.5, 0.6) is 5.75 Å². The van der Waals surface area contributed by atoms with E-state index in [9.17, 15) is 9.90 Å². The molecule has 0 heterocycles. The Bertz CT molecular complexity index is 356. The Hall–Kier alpha value is -1.71. The van der Waals surface area contributed by atoms with Crippen molar-refractivity contribution in [1.29, 1.82) is 0 Å². The molecular formula is C11H16N2O2. The first-order chi connectivity index (χ1) is 6.88. The summed E-state index contributed by atoms with van der Waals surface area (Å²) < 4.78 is 0. The van der Waals surface area contributed by atoms with E-state index in [2.05, 4.69) is 10.6 Å². The van der Waals surface area contributed by atoms with Gasteiger partial charge in [0, 0.05) is 5.54 Å². The van der Waals surface area contributed by atoms with E-state index in [1.807, 2.05) is 20.8 Å². The second kappa shape index (κ2) is 4.21. The van der Waals surface area contributed by atoms with Gasteiger partial charge >= 0.3 is 6.03 Å². The van der Waals surface area contributed by atoms with Gasteiger partial charge in [-0.15, -0.1) is 0 Å². The Morgan fingerprint density at radius 2 is 1.87 bits per heavy atom. The number of phenolic OH excluding ortho intramolecular Hbond substituents is 1. The van der Waals surface area contributed by atoms with Crippen LogP contribution in [0.4, 0.5) is 10.5 Å². The van der Waals surface area contributed by atoms with Crippen molar-refractivity contribution in [2.24, 2.45) is 0 Å². The van der Waals surface area contributed by atoms with Crippen LogP contribution >= 0.6 is 0 Å². The van der Waals surface area contributed by atoms with Crippen molar-refractivity contribution in [3.8, 4) is 5.75 Å². The maximum atomic E-state index is 11.4. The van der Waals surface area contributed by atoms with E-state index >= 15 is 0 Å². The first-order valence-electron chi connectivity index (χ1n) is 4.76. The molecule has 2 amide bonds. The Kier molecular flexibility index (Phi) is 3.19. The summed E-state index contributed by atoms with van der Waals surface area (Å²) in [6, 6.07) is 6.27. The minimum Gasteiger partial charge on any atom is -0.506 e. The number of hydrogen-bond acceptors (Lipinski definition) is 2. The Morgan fingerprint density at radius 3 is 2.40 bits per heavy atom. The van der Waals surface area contributed by atoms with Crippen molar-refractivity contribution >= 4 is 11.7 Å². The topological polar surface area (TPSA) is 61.4 Å². The molecule has 1 aromatic carbocycles. The summed E-state index contributed by atoms with van der Waals surface area (Å²) in [7, 11) is 0. The molecule has 0 radical (unpaired) electrons. The van der Waals surface area contributed by atoms with Gasteiger partial charge in [-0.05, 0) is 32.9 Å². The van der Waals surface area contributed by atoms with Crippen molar-refractivity contribution in [3.63, 3.8) is 0 Å². The maximum Gasteiger partial charge on any atom is 0.319 e. The summed E-state index contributed by atoms with van der Waals surface area (Å²) in [6.45, 7) is 5.66. The number of anilines is 1. The number of carbonyl (C=O) groups excluding carboxylic acids is 1. The highest BCUT2D eigenvalue weighted by molar-refractivity contribution is 5.91. The molecule has 0 aliphatic rings. The molecule has 1 aromatic rings. The Balaban J connectivity index is 2.64. The van der Waals surface area contributed by atoms with Crippen molar-refractivity contribution in [2.45, 2.75) is 26.3 Å². The van der Waals surface area contributed by atoms with Crippen LogP contribution in [-0.4, -0.2) is 16.7 Å². The van der Waals surface area contributed by atoms with Crippen LogP contribution in [0.3, 0.4) is 0 Å². The Labute approximate surface area is 89.3 Å². The lowest BCUT2D eigenvalue weighted by Crippen LogP contribution is -2.43. The molecule has 0 aliphatic carbocycles. The molecule has 0 fully saturated rings. The first kappa shape index (κ1) is 11.4. The highest BCUT2D eigenvalue weighted by atomic mass is 16.3. The number of benzene rings is 1. The minimum atomic E-state index is -0.330. The zero-order valence-electron chi connectivity index (χ0n) is 9.16. The van der Waals surface area contributed by atoms with Crippen LogP contribution in [0.2, 0.25) is 0 Å². The molecule has 4 heteroatoms. The smallest absolute Gasteiger partial charge is 0.319 e. The lowest BCUT2D eigenvalue weighted by Gasteiger charge is -2.20. The van der Waals surface area contributed by atoms with Gasteiger partial charge in [0.1, 0.15) is 5.75 Å². The van der Waals surface area contributed by atoms with E-state index in [4.69, 9.17) is 0 Å². The fourth-order valence-corrected chi connectivity index (χ4v) is 1.07. The van der Waals surface area contributed by atoms with Crippen LogP contribution in [0.25, 0.3) is 0 Å². The summed E-state index contributed by atoms with van der Waals surface area (Å²) in [5.41, 5.74) is 0.105. The van der Waals surface area contributed by atoms with Crippen LogP contribution < -0.4 is 10.6 Å². The average Bonchev–Trinajstić information content (AvgIpc) is 2.05. The summed E-state index contributed by atoms with van der Waals surface area (Å²) in [6.07, 6.45) is 0. The molecule has 0 bridgehead atoms. The molecule has 15 heavy (non-hydrogen) atoms. The van der Waals surface area contributed by atoms with Gasteiger partial charge in [-0.1, -0.05) is 12.1 Å². The fraction of sp³-hybridized carbons (Fsp3) is 0.364. The van der Waals surface area contributed by atoms with Crippen LogP contribution in [0.15, 0.2) is 24.3 Å². The number of rotatable bonds is 1. The van der Waals surface area contributed by atoms with Crippen molar-refractivity contribution in [2.75, 3.05) is 5.32 Å². The van der Waals surface area contributed by atoms with E-state index < -0.39 is 0 Å². The molecule has 0 aromatic heterocycles. The molecule has 0 aliphatic heterocycles. The molecular weight excluding hydrogens is 192 g/mol. The van der Waals surface area contributed by atoms with Crippen molar-refractivity contribution in [1.82, 2.24) is 5.32 Å². The molecule has 0 spiro atoms. The summed E-state index contributed by atoms with van der Waals surface area (Å²) in [5, 5.41) is 14.7. The lowest BCUT2D eigenvalue weighted by molar-refractivity contribution is 0.243. The molecule has 0 atom stereocenters. The highest BCUT2D eigenvalue weighted by Crippen LogP contribution is 2.21. The maximum absolute atomic E-state index is 11.4. The molecule has 1 rings (SSSR count). The van der Waals surface area contributed by atoms with Gasteiger partial charge in [0.25, 0.3) is 0 Å². The zero-order chi connectivity index (χ0) is 11.5. The molecule has 0 saturated carbocycles. The number of hydrogen-bond donors (Lipinski definition) is 3. The predicted molar refractivity (Wildman–Crippen MR) is 60.0 cm³/mol. The number of urea groups is 1. The summed E-state index contributed by atoms with van der Waals surface area (Å²) in [5.74, 6) is 0.0570. The van der Waals surface area contributed by atoms with Gasteiger partial charge in [-0.3, -0.25) is 0 Å². The molecule has 82 valence electrons. The number of aromatic hydroxyl groups is 1. The minimum absolute atomic E-state index is 0.0570. The van der Waals surface area contributed by atoms with E-state index in [0.29, 0.717) is 5.69 Å². The van der Waals surface area contributed by atoms with Gasteiger partial charge in [0.15, 0.2) is 0 Å². The number of phenols is 1. The fourth-order valence-electron chi connectivity index (χ4n) is 1.07. The number of carbonyl (C=O) groups is 1. The first-order valence-corrected chi connectivity index (χ1v) is 4.76. The molecule has 0 unspecified atom stereocenters.